The number of carbonyl (C=O) groups is 1. The minimum absolute atomic E-state index is 0.0534. The summed E-state index contributed by atoms with van der Waals surface area (Å²) in [6.07, 6.45) is 6.89. The maximum absolute atomic E-state index is 13.0. The highest BCUT2D eigenvalue weighted by Crippen LogP contribution is 2.31. The molecular formula is C18H20N2O3S. The zero-order chi connectivity index (χ0) is 17.3. The third kappa shape index (κ3) is 3.06. The maximum atomic E-state index is 13.0. The minimum atomic E-state index is -3.25. The van der Waals surface area contributed by atoms with Gasteiger partial charge in [0.05, 0.1) is 4.90 Å². The van der Waals surface area contributed by atoms with Gasteiger partial charge in [0.1, 0.15) is 0 Å². The molecule has 0 fully saturated rings. The van der Waals surface area contributed by atoms with E-state index < -0.39 is 9.84 Å². The van der Waals surface area contributed by atoms with Gasteiger partial charge in [-0.05, 0) is 54.7 Å². The number of carbonyl (C=O) groups excluding carboxylic acids is 1. The van der Waals surface area contributed by atoms with E-state index in [-0.39, 0.29) is 5.91 Å². The molecule has 1 amide bonds. The van der Waals surface area contributed by atoms with Gasteiger partial charge in [0, 0.05) is 36.4 Å². The second-order valence-electron chi connectivity index (χ2n) is 6.01. The molecule has 1 aromatic carbocycles. The number of rotatable bonds is 3. The molecule has 0 atom stereocenters. The van der Waals surface area contributed by atoms with E-state index in [2.05, 4.69) is 4.98 Å². The number of aromatic nitrogens is 1. The Morgan fingerprint density at radius 1 is 1.29 bits per heavy atom. The number of hydrogen-bond acceptors (Lipinski definition) is 4. The number of sulfone groups is 1. The van der Waals surface area contributed by atoms with Crippen molar-refractivity contribution < 1.29 is 13.2 Å². The molecular weight excluding hydrogens is 324 g/mol. The molecule has 1 aliphatic heterocycles. The normalized spacial score (nSPS) is 14.3. The van der Waals surface area contributed by atoms with E-state index in [0.29, 0.717) is 17.0 Å². The third-order valence-corrected chi connectivity index (χ3v) is 5.47. The number of pyridine rings is 1. The quantitative estimate of drug-likeness (QED) is 0.858. The number of amides is 1. The van der Waals surface area contributed by atoms with Crippen LogP contribution in [-0.4, -0.2) is 32.1 Å². The molecule has 2 aromatic rings. The van der Waals surface area contributed by atoms with Crippen molar-refractivity contribution in [2.24, 2.45) is 0 Å². The van der Waals surface area contributed by atoms with Gasteiger partial charge in [0.2, 0.25) is 0 Å². The molecule has 5 nitrogen and oxygen atoms in total. The fraction of sp³-hybridized carbons (Fsp3) is 0.333. The molecule has 0 aliphatic carbocycles. The van der Waals surface area contributed by atoms with Gasteiger partial charge in [0.15, 0.2) is 9.84 Å². The van der Waals surface area contributed by atoms with Crippen LogP contribution in [0.1, 0.15) is 34.8 Å². The van der Waals surface area contributed by atoms with Gasteiger partial charge in [-0.3, -0.25) is 9.78 Å². The number of benzene rings is 1. The first kappa shape index (κ1) is 16.6. The average Bonchev–Trinajstić information content (AvgIpc) is 2.59. The van der Waals surface area contributed by atoms with Crippen molar-refractivity contribution in [3.05, 3.63) is 53.3 Å². The van der Waals surface area contributed by atoms with Crippen LogP contribution in [0.15, 0.2) is 41.6 Å². The van der Waals surface area contributed by atoms with Crippen LogP contribution in [0.3, 0.4) is 0 Å². The summed E-state index contributed by atoms with van der Waals surface area (Å²) in [6, 6.07) is 6.76. The summed E-state index contributed by atoms with van der Waals surface area (Å²) < 4.78 is 23.5. The molecule has 0 spiro atoms. The lowest BCUT2D eigenvalue weighted by Gasteiger charge is -2.30. The van der Waals surface area contributed by atoms with Gasteiger partial charge >= 0.3 is 0 Å². The Labute approximate surface area is 142 Å². The fourth-order valence-corrected chi connectivity index (χ4v) is 3.75. The Bertz CT molecular complexity index is 891. The Morgan fingerprint density at radius 3 is 2.79 bits per heavy atom. The second kappa shape index (κ2) is 6.36. The van der Waals surface area contributed by atoms with E-state index in [1.54, 1.807) is 41.6 Å². The first-order chi connectivity index (χ1) is 11.4. The molecule has 0 radical (unpaired) electrons. The van der Waals surface area contributed by atoms with Crippen LogP contribution in [0.5, 0.6) is 0 Å². The smallest absolute Gasteiger partial charge is 0.258 e. The Hall–Kier alpha value is -2.21. The summed E-state index contributed by atoms with van der Waals surface area (Å²) in [5, 5.41) is 0. The Morgan fingerprint density at radius 2 is 2.08 bits per heavy atom. The molecule has 24 heavy (non-hydrogen) atoms. The van der Waals surface area contributed by atoms with Crippen molar-refractivity contribution in [2.45, 2.75) is 31.1 Å². The van der Waals surface area contributed by atoms with E-state index in [1.807, 2.05) is 6.92 Å². The molecule has 3 rings (SSSR count). The van der Waals surface area contributed by atoms with Gasteiger partial charge in [-0.2, -0.15) is 0 Å². The van der Waals surface area contributed by atoms with Crippen molar-refractivity contribution in [3.63, 3.8) is 0 Å². The van der Waals surface area contributed by atoms with Crippen LogP contribution < -0.4 is 4.90 Å². The Kier molecular flexibility index (Phi) is 4.41. The molecule has 0 saturated heterocycles. The first-order valence-corrected chi connectivity index (χ1v) is 9.88. The van der Waals surface area contributed by atoms with Crippen molar-refractivity contribution in [1.29, 1.82) is 0 Å². The average molecular weight is 344 g/mol. The van der Waals surface area contributed by atoms with Crippen molar-refractivity contribution >= 4 is 21.4 Å². The van der Waals surface area contributed by atoms with Crippen LogP contribution in [0.2, 0.25) is 0 Å². The summed E-state index contributed by atoms with van der Waals surface area (Å²) in [7, 11) is -3.25. The van der Waals surface area contributed by atoms with Crippen molar-refractivity contribution in [3.8, 4) is 0 Å². The van der Waals surface area contributed by atoms with Gasteiger partial charge < -0.3 is 4.90 Å². The summed E-state index contributed by atoms with van der Waals surface area (Å²) >= 11 is 0. The molecule has 0 unspecified atom stereocenters. The standard InChI is InChI=1S/C18H20N2O3S/c1-3-13-12-19-9-8-16(13)18(21)20-10-4-5-14-11-15(24(2,22)23)6-7-17(14)20/h6-9,11-12H,3-5,10H2,1-2H3. The summed E-state index contributed by atoms with van der Waals surface area (Å²) in [5.74, 6) is -0.0534. The van der Waals surface area contributed by atoms with Crippen LogP contribution >= 0.6 is 0 Å². The number of fused-ring (bicyclic) bond motifs is 1. The highest BCUT2D eigenvalue weighted by Gasteiger charge is 2.26. The van der Waals surface area contributed by atoms with Gasteiger partial charge in [-0.15, -0.1) is 0 Å². The summed E-state index contributed by atoms with van der Waals surface area (Å²) in [4.78, 5) is 19.1. The highest BCUT2D eigenvalue weighted by molar-refractivity contribution is 7.90. The summed E-state index contributed by atoms with van der Waals surface area (Å²) in [6.45, 7) is 2.63. The molecule has 0 N–H and O–H groups in total. The van der Waals surface area contributed by atoms with Gasteiger partial charge in [-0.25, -0.2) is 8.42 Å². The fourth-order valence-electron chi connectivity index (χ4n) is 3.08. The monoisotopic (exact) mass is 344 g/mol. The molecule has 6 heteroatoms. The zero-order valence-electron chi connectivity index (χ0n) is 13.8. The summed E-state index contributed by atoms with van der Waals surface area (Å²) in [5.41, 5.74) is 3.29. The van der Waals surface area contributed by atoms with Crippen LogP contribution in [0, 0.1) is 0 Å². The molecule has 1 aromatic heterocycles. The van der Waals surface area contributed by atoms with Crippen molar-refractivity contribution in [1.82, 2.24) is 4.98 Å². The first-order valence-electron chi connectivity index (χ1n) is 7.99. The lowest BCUT2D eigenvalue weighted by atomic mass is 9.99. The second-order valence-corrected chi connectivity index (χ2v) is 8.03. The van der Waals surface area contributed by atoms with Crippen LogP contribution in [0.4, 0.5) is 5.69 Å². The predicted octanol–water partition coefficient (Wildman–Crippen LogP) is 2.64. The molecule has 0 saturated carbocycles. The topological polar surface area (TPSA) is 67.3 Å². The SMILES string of the molecule is CCc1cnccc1C(=O)N1CCCc2cc(S(C)(=O)=O)ccc21. The highest BCUT2D eigenvalue weighted by atomic mass is 32.2. The van der Waals surface area contributed by atoms with Crippen molar-refractivity contribution in [2.75, 3.05) is 17.7 Å². The van der Waals surface area contributed by atoms with E-state index in [9.17, 15) is 13.2 Å². The van der Waals surface area contributed by atoms with Gasteiger partial charge in [0.25, 0.3) is 5.91 Å². The zero-order valence-corrected chi connectivity index (χ0v) is 14.6. The number of anilines is 1. The number of aryl methyl sites for hydroxylation is 2. The van der Waals surface area contributed by atoms with Crippen LogP contribution in [-0.2, 0) is 22.7 Å². The number of hydrogen-bond donors (Lipinski definition) is 0. The molecule has 2 heterocycles. The largest absolute Gasteiger partial charge is 0.308 e. The van der Waals surface area contributed by atoms with E-state index >= 15 is 0 Å². The van der Waals surface area contributed by atoms with E-state index in [4.69, 9.17) is 0 Å². The predicted molar refractivity (Wildman–Crippen MR) is 93.2 cm³/mol. The Balaban J connectivity index is 2.02. The minimum Gasteiger partial charge on any atom is -0.308 e. The lowest BCUT2D eigenvalue weighted by Crippen LogP contribution is -2.36. The number of nitrogens with zero attached hydrogens (tertiary/aromatic N) is 2. The van der Waals surface area contributed by atoms with Gasteiger partial charge in [-0.1, -0.05) is 6.92 Å². The molecule has 0 bridgehead atoms. The molecule has 1 aliphatic rings. The molecule has 126 valence electrons. The van der Waals surface area contributed by atoms with E-state index in [0.717, 1.165) is 36.1 Å². The third-order valence-electron chi connectivity index (χ3n) is 4.36. The lowest BCUT2D eigenvalue weighted by molar-refractivity contribution is 0.0984. The van der Waals surface area contributed by atoms with E-state index in [1.165, 1.54) is 6.26 Å². The van der Waals surface area contributed by atoms with Crippen LogP contribution in [0.25, 0.3) is 0 Å². The maximum Gasteiger partial charge on any atom is 0.258 e.